The largest absolute Gasteiger partial charge is 0.309 e. The Morgan fingerprint density at radius 2 is 1.55 bits per heavy atom. The number of imide groups is 1. The second-order valence-electron chi connectivity index (χ2n) is 6.56. The highest BCUT2D eigenvalue weighted by Gasteiger charge is 2.36. The van der Waals surface area contributed by atoms with Crippen molar-refractivity contribution >= 4 is 11.8 Å². The Morgan fingerprint density at radius 3 is 2.14 bits per heavy atom. The lowest BCUT2D eigenvalue weighted by atomic mass is 9.94. The summed E-state index contributed by atoms with van der Waals surface area (Å²) in [6.45, 7) is 3.32. The standard InChI is InChI=1S/C17H21N3O2/c21-16-14-6-1-2-7-15(14)17(22)20(16)9-8-19-10-12-4-3-5-13(11-19)18-12/h1-2,6-7,12-13,18H,3-5,8-11H2. The molecule has 0 saturated carbocycles. The van der Waals surface area contributed by atoms with Gasteiger partial charge >= 0.3 is 0 Å². The smallest absolute Gasteiger partial charge is 0.261 e. The second-order valence-corrected chi connectivity index (χ2v) is 6.56. The van der Waals surface area contributed by atoms with Crippen LogP contribution in [0.5, 0.6) is 0 Å². The van der Waals surface area contributed by atoms with Crippen LogP contribution < -0.4 is 5.32 Å². The molecule has 5 nitrogen and oxygen atoms in total. The fourth-order valence-corrected chi connectivity index (χ4v) is 3.96. The molecule has 2 bridgehead atoms. The zero-order valence-corrected chi connectivity index (χ0v) is 12.6. The number of nitrogens with zero attached hydrogens (tertiary/aromatic N) is 2. The molecule has 1 aromatic carbocycles. The van der Waals surface area contributed by atoms with Crippen LogP contribution in [-0.4, -0.2) is 59.9 Å². The summed E-state index contributed by atoms with van der Waals surface area (Å²) in [6.07, 6.45) is 3.79. The zero-order chi connectivity index (χ0) is 15.1. The van der Waals surface area contributed by atoms with E-state index in [2.05, 4.69) is 10.2 Å². The molecule has 1 aromatic rings. The van der Waals surface area contributed by atoms with Crippen molar-refractivity contribution in [2.24, 2.45) is 0 Å². The monoisotopic (exact) mass is 299 g/mol. The molecule has 3 aliphatic rings. The first-order valence-electron chi connectivity index (χ1n) is 8.16. The Bertz CT molecular complexity index is 569. The van der Waals surface area contributed by atoms with E-state index in [1.165, 1.54) is 24.2 Å². The van der Waals surface area contributed by atoms with Gasteiger partial charge in [0.1, 0.15) is 0 Å². The van der Waals surface area contributed by atoms with Gasteiger partial charge in [0, 0.05) is 38.3 Å². The van der Waals surface area contributed by atoms with E-state index in [9.17, 15) is 9.59 Å². The molecule has 0 aromatic heterocycles. The minimum Gasteiger partial charge on any atom is -0.309 e. The maximum Gasteiger partial charge on any atom is 0.261 e. The van der Waals surface area contributed by atoms with Crippen molar-refractivity contribution in [3.8, 4) is 0 Å². The molecule has 3 aliphatic heterocycles. The maximum absolute atomic E-state index is 12.4. The van der Waals surface area contributed by atoms with E-state index >= 15 is 0 Å². The van der Waals surface area contributed by atoms with Crippen molar-refractivity contribution in [1.82, 2.24) is 15.1 Å². The van der Waals surface area contributed by atoms with Crippen LogP contribution >= 0.6 is 0 Å². The number of rotatable bonds is 3. The summed E-state index contributed by atoms with van der Waals surface area (Å²) < 4.78 is 0. The number of amides is 2. The summed E-state index contributed by atoms with van der Waals surface area (Å²) in [4.78, 5) is 28.5. The van der Waals surface area contributed by atoms with Gasteiger partial charge in [-0.2, -0.15) is 0 Å². The van der Waals surface area contributed by atoms with Gasteiger partial charge in [0.2, 0.25) is 0 Å². The van der Waals surface area contributed by atoms with Gasteiger partial charge in [0.25, 0.3) is 11.8 Å². The summed E-state index contributed by atoms with van der Waals surface area (Å²) in [5.74, 6) is -0.285. The topological polar surface area (TPSA) is 52.7 Å². The third-order valence-corrected chi connectivity index (χ3v) is 5.05. The molecule has 0 spiro atoms. The van der Waals surface area contributed by atoms with Crippen LogP contribution in [0.3, 0.4) is 0 Å². The van der Waals surface area contributed by atoms with Crippen molar-refractivity contribution in [2.75, 3.05) is 26.2 Å². The number of carbonyl (C=O) groups is 2. The lowest BCUT2D eigenvalue weighted by Gasteiger charge is -2.42. The Morgan fingerprint density at radius 1 is 0.955 bits per heavy atom. The van der Waals surface area contributed by atoms with Crippen molar-refractivity contribution < 1.29 is 9.59 Å². The predicted molar refractivity (Wildman–Crippen MR) is 82.8 cm³/mol. The van der Waals surface area contributed by atoms with E-state index in [4.69, 9.17) is 0 Å². The number of hydrogen-bond donors (Lipinski definition) is 1. The first kappa shape index (κ1) is 13.9. The van der Waals surface area contributed by atoms with Crippen LogP contribution in [0.1, 0.15) is 40.0 Å². The maximum atomic E-state index is 12.4. The summed E-state index contributed by atoms with van der Waals surface area (Å²) in [6, 6.07) is 8.26. The molecule has 2 saturated heterocycles. The molecule has 116 valence electrons. The molecular weight excluding hydrogens is 278 g/mol. The number of hydrogen-bond acceptors (Lipinski definition) is 4. The number of likely N-dealkylation sites (tertiary alicyclic amines) is 1. The first-order valence-corrected chi connectivity index (χ1v) is 8.16. The minimum absolute atomic E-state index is 0.143. The summed E-state index contributed by atoms with van der Waals surface area (Å²) >= 11 is 0. The number of piperidine rings is 1. The molecule has 4 rings (SSSR count). The van der Waals surface area contributed by atoms with E-state index < -0.39 is 0 Å². The fourth-order valence-electron chi connectivity index (χ4n) is 3.96. The average Bonchev–Trinajstić information content (AvgIpc) is 2.77. The Balaban J connectivity index is 1.41. The quantitative estimate of drug-likeness (QED) is 0.850. The normalized spacial score (nSPS) is 28.1. The zero-order valence-electron chi connectivity index (χ0n) is 12.6. The van der Waals surface area contributed by atoms with Gasteiger partial charge in [-0.15, -0.1) is 0 Å². The number of nitrogens with one attached hydrogen (secondary N) is 1. The Hall–Kier alpha value is -1.72. The molecule has 3 heterocycles. The third-order valence-electron chi connectivity index (χ3n) is 5.05. The Labute approximate surface area is 130 Å². The average molecular weight is 299 g/mol. The van der Waals surface area contributed by atoms with E-state index in [0.29, 0.717) is 29.8 Å². The highest BCUT2D eigenvalue weighted by molar-refractivity contribution is 6.21. The third kappa shape index (κ3) is 2.34. The molecule has 0 aliphatic carbocycles. The van der Waals surface area contributed by atoms with E-state index in [-0.39, 0.29) is 11.8 Å². The van der Waals surface area contributed by atoms with Crippen LogP contribution in [0.2, 0.25) is 0 Å². The van der Waals surface area contributed by atoms with Gasteiger partial charge in [-0.05, 0) is 25.0 Å². The molecular formula is C17H21N3O2. The van der Waals surface area contributed by atoms with Gasteiger partial charge in [-0.3, -0.25) is 19.4 Å². The minimum atomic E-state index is -0.143. The lowest BCUT2D eigenvalue weighted by molar-refractivity contribution is 0.0608. The second kappa shape index (κ2) is 5.48. The van der Waals surface area contributed by atoms with Crippen LogP contribution in [0.15, 0.2) is 24.3 Å². The van der Waals surface area contributed by atoms with Crippen LogP contribution in [0.4, 0.5) is 0 Å². The van der Waals surface area contributed by atoms with Gasteiger partial charge < -0.3 is 5.32 Å². The van der Waals surface area contributed by atoms with Gasteiger partial charge in [-0.1, -0.05) is 18.6 Å². The van der Waals surface area contributed by atoms with Crippen LogP contribution in [-0.2, 0) is 0 Å². The van der Waals surface area contributed by atoms with Crippen molar-refractivity contribution in [3.05, 3.63) is 35.4 Å². The molecule has 22 heavy (non-hydrogen) atoms. The van der Waals surface area contributed by atoms with Crippen molar-refractivity contribution in [1.29, 1.82) is 0 Å². The number of fused-ring (bicyclic) bond motifs is 3. The first-order chi connectivity index (χ1) is 10.7. The van der Waals surface area contributed by atoms with Gasteiger partial charge in [0.05, 0.1) is 11.1 Å². The molecule has 2 unspecified atom stereocenters. The van der Waals surface area contributed by atoms with E-state index in [0.717, 1.165) is 19.6 Å². The SMILES string of the molecule is O=C1c2ccccc2C(=O)N1CCN1CC2CCCC(C1)N2. The van der Waals surface area contributed by atoms with Gasteiger partial charge in [-0.25, -0.2) is 0 Å². The van der Waals surface area contributed by atoms with Crippen molar-refractivity contribution in [3.63, 3.8) is 0 Å². The molecule has 5 heteroatoms. The summed E-state index contributed by atoms with van der Waals surface area (Å²) in [5, 5.41) is 3.65. The highest BCUT2D eigenvalue weighted by atomic mass is 16.2. The van der Waals surface area contributed by atoms with Crippen LogP contribution in [0.25, 0.3) is 0 Å². The molecule has 0 radical (unpaired) electrons. The van der Waals surface area contributed by atoms with E-state index in [1.54, 1.807) is 12.1 Å². The number of carbonyl (C=O) groups excluding carboxylic acids is 2. The molecule has 2 atom stereocenters. The summed E-state index contributed by atoms with van der Waals surface area (Å²) in [7, 11) is 0. The number of piperazine rings is 1. The van der Waals surface area contributed by atoms with Crippen LogP contribution in [0, 0.1) is 0 Å². The molecule has 2 amide bonds. The van der Waals surface area contributed by atoms with Crippen molar-refractivity contribution in [2.45, 2.75) is 31.3 Å². The molecule has 1 N–H and O–H groups in total. The van der Waals surface area contributed by atoms with E-state index in [1.807, 2.05) is 12.1 Å². The summed E-state index contributed by atoms with van der Waals surface area (Å²) in [5.41, 5.74) is 1.09. The lowest BCUT2D eigenvalue weighted by Crippen LogP contribution is -2.59. The van der Waals surface area contributed by atoms with Gasteiger partial charge in [0.15, 0.2) is 0 Å². The molecule has 2 fully saturated rings. The Kier molecular flexibility index (Phi) is 3.47. The predicted octanol–water partition coefficient (Wildman–Crippen LogP) is 1.11. The fraction of sp³-hybridized carbons (Fsp3) is 0.529. The highest BCUT2D eigenvalue weighted by Crippen LogP contribution is 2.23. The number of benzene rings is 1.